The fourth-order valence-corrected chi connectivity index (χ4v) is 3.96. The minimum atomic E-state index is -3.57. The second-order valence-corrected chi connectivity index (χ2v) is 7.76. The summed E-state index contributed by atoms with van der Waals surface area (Å²) in [5, 5.41) is 0. The number of sulfonamides is 1. The summed E-state index contributed by atoms with van der Waals surface area (Å²) in [4.78, 5) is 11.3. The van der Waals surface area contributed by atoms with Crippen molar-refractivity contribution in [2.45, 2.75) is 37.5 Å². The molecule has 1 rings (SSSR count). The molecule has 3 N–H and O–H groups in total. The van der Waals surface area contributed by atoms with Crippen LogP contribution >= 0.6 is 15.9 Å². The third kappa shape index (κ3) is 4.04. The van der Waals surface area contributed by atoms with Gasteiger partial charge in [0.25, 0.3) is 0 Å². The molecule has 0 saturated heterocycles. The molecule has 0 heterocycles. The first-order valence-corrected chi connectivity index (χ1v) is 8.46. The van der Waals surface area contributed by atoms with Crippen molar-refractivity contribution in [3.63, 3.8) is 0 Å². The van der Waals surface area contributed by atoms with Gasteiger partial charge in [-0.3, -0.25) is 4.79 Å². The zero-order valence-corrected chi connectivity index (χ0v) is 14.1. The molecule has 1 amide bonds. The second-order valence-electron chi connectivity index (χ2n) is 5.17. The standard InChI is InChI=1S/C13H19BrN2O3S/c1-4-16-20(18,19)11-7-9(5-6-10(11)14)13(2,3)8-12(15)17/h5-7,16H,4,8H2,1-3H3,(H2,15,17). The van der Waals surface area contributed by atoms with Gasteiger partial charge in [-0.2, -0.15) is 0 Å². The molecular weight excluding hydrogens is 344 g/mol. The van der Waals surface area contributed by atoms with Crippen molar-refractivity contribution >= 4 is 31.9 Å². The Bertz CT molecular complexity index is 612. The van der Waals surface area contributed by atoms with Gasteiger partial charge in [0.05, 0.1) is 4.90 Å². The number of hydrogen-bond donors (Lipinski definition) is 2. The van der Waals surface area contributed by atoms with Gasteiger partial charge in [-0.1, -0.05) is 26.8 Å². The predicted molar refractivity (Wildman–Crippen MR) is 81.8 cm³/mol. The first-order valence-electron chi connectivity index (χ1n) is 6.18. The summed E-state index contributed by atoms with van der Waals surface area (Å²) >= 11 is 3.24. The Morgan fingerprint density at radius 1 is 1.40 bits per heavy atom. The molecule has 0 bridgehead atoms. The van der Waals surface area contributed by atoms with E-state index in [1.54, 1.807) is 25.1 Å². The molecule has 20 heavy (non-hydrogen) atoms. The zero-order chi connectivity index (χ0) is 15.6. The first-order chi connectivity index (χ1) is 9.10. The summed E-state index contributed by atoms with van der Waals surface area (Å²) in [5.74, 6) is -0.422. The predicted octanol–water partition coefficient (Wildman–Crippen LogP) is 1.90. The van der Waals surface area contributed by atoms with Crippen molar-refractivity contribution in [3.8, 4) is 0 Å². The molecule has 0 fully saturated rings. The molecule has 0 atom stereocenters. The molecule has 0 aliphatic rings. The van der Waals surface area contributed by atoms with E-state index in [4.69, 9.17) is 5.73 Å². The molecule has 0 aliphatic heterocycles. The number of nitrogens with two attached hydrogens (primary N) is 1. The van der Waals surface area contributed by atoms with Crippen molar-refractivity contribution in [3.05, 3.63) is 28.2 Å². The maximum absolute atomic E-state index is 12.1. The van der Waals surface area contributed by atoms with E-state index in [-0.39, 0.29) is 11.3 Å². The SMILES string of the molecule is CCNS(=O)(=O)c1cc(C(C)(C)CC(N)=O)ccc1Br. The first kappa shape index (κ1) is 17.1. The van der Waals surface area contributed by atoms with Gasteiger partial charge in [-0.15, -0.1) is 0 Å². The molecule has 5 nitrogen and oxygen atoms in total. The molecule has 112 valence electrons. The normalized spacial score (nSPS) is 12.4. The Balaban J connectivity index is 3.32. The highest BCUT2D eigenvalue weighted by atomic mass is 79.9. The summed E-state index contributed by atoms with van der Waals surface area (Å²) in [6, 6.07) is 5.03. The van der Waals surface area contributed by atoms with Gasteiger partial charge in [-0.05, 0) is 39.0 Å². The maximum Gasteiger partial charge on any atom is 0.241 e. The van der Waals surface area contributed by atoms with E-state index in [1.807, 2.05) is 13.8 Å². The number of amides is 1. The Labute approximate surface area is 128 Å². The Morgan fingerprint density at radius 2 is 2.00 bits per heavy atom. The van der Waals surface area contributed by atoms with Crippen LogP contribution in [0.3, 0.4) is 0 Å². The summed E-state index contributed by atoms with van der Waals surface area (Å²) in [5.41, 5.74) is 5.46. The third-order valence-corrected chi connectivity index (χ3v) is 5.49. The van der Waals surface area contributed by atoms with Crippen molar-refractivity contribution in [1.82, 2.24) is 4.72 Å². The highest BCUT2D eigenvalue weighted by Crippen LogP contribution is 2.31. The zero-order valence-electron chi connectivity index (χ0n) is 11.7. The molecule has 1 aromatic rings. The van der Waals surface area contributed by atoms with Crippen LogP contribution in [-0.4, -0.2) is 20.9 Å². The van der Waals surface area contributed by atoms with E-state index in [9.17, 15) is 13.2 Å². The highest BCUT2D eigenvalue weighted by molar-refractivity contribution is 9.10. The molecule has 0 radical (unpaired) electrons. The Kier molecular flexibility index (Phi) is 5.34. The molecule has 7 heteroatoms. The van der Waals surface area contributed by atoms with Crippen LogP contribution in [-0.2, 0) is 20.2 Å². The summed E-state index contributed by atoms with van der Waals surface area (Å²) in [7, 11) is -3.57. The van der Waals surface area contributed by atoms with Gasteiger partial charge in [-0.25, -0.2) is 13.1 Å². The number of nitrogens with one attached hydrogen (secondary N) is 1. The van der Waals surface area contributed by atoms with Crippen LogP contribution in [0.25, 0.3) is 0 Å². The summed E-state index contributed by atoms with van der Waals surface area (Å²) in [6.07, 6.45) is 0.148. The number of primary amides is 1. The lowest BCUT2D eigenvalue weighted by Crippen LogP contribution is -2.27. The van der Waals surface area contributed by atoms with Crippen LogP contribution in [0.5, 0.6) is 0 Å². The Hall–Kier alpha value is -0.920. The number of carbonyl (C=O) groups excluding carboxylic acids is 1. The average Bonchev–Trinajstić information content (AvgIpc) is 2.26. The van der Waals surface area contributed by atoms with Gasteiger partial charge in [0.2, 0.25) is 15.9 Å². The lowest BCUT2D eigenvalue weighted by Gasteiger charge is -2.24. The number of carbonyl (C=O) groups is 1. The van der Waals surface area contributed by atoms with Crippen molar-refractivity contribution < 1.29 is 13.2 Å². The molecule has 0 aliphatic carbocycles. The van der Waals surface area contributed by atoms with Gasteiger partial charge < -0.3 is 5.73 Å². The lowest BCUT2D eigenvalue weighted by atomic mass is 9.81. The molecule has 0 aromatic heterocycles. The van der Waals surface area contributed by atoms with Crippen molar-refractivity contribution in [2.75, 3.05) is 6.54 Å². The second kappa shape index (κ2) is 6.24. The van der Waals surface area contributed by atoms with Crippen molar-refractivity contribution in [2.24, 2.45) is 5.73 Å². The fourth-order valence-electron chi connectivity index (χ4n) is 1.94. The highest BCUT2D eigenvalue weighted by Gasteiger charge is 2.26. The molecule has 0 saturated carbocycles. The minimum Gasteiger partial charge on any atom is -0.370 e. The Morgan fingerprint density at radius 3 is 2.50 bits per heavy atom. The van der Waals surface area contributed by atoms with Crippen LogP contribution in [0.4, 0.5) is 0 Å². The average molecular weight is 363 g/mol. The number of hydrogen-bond acceptors (Lipinski definition) is 3. The van der Waals surface area contributed by atoms with E-state index in [1.165, 1.54) is 0 Å². The van der Waals surface area contributed by atoms with Gasteiger partial charge in [0.15, 0.2) is 0 Å². The summed E-state index contributed by atoms with van der Waals surface area (Å²) < 4.78 is 27.2. The van der Waals surface area contributed by atoms with Crippen LogP contribution in [0.2, 0.25) is 0 Å². The molecule has 0 unspecified atom stereocenters. The van der Waals surface area contributed by atoms with Gasteiger partial charge >= 0.3 is 0 Å². The quantitative estimate of drug-likeness (QED) is 0.809. The number of benzene rings is 1. The topological polar surface area (TPSA) is 89.3 Å². The lowest BCUT2D eigenvalue weighted by molar-refractivity contribution is -0.119. The number of halogens is 1. The summed E-state index contributed by atoms with van der Waals surface area (Å²) in [6.45, 7) is 5.73. The number of rotatable bonds is 6. The molecule has 1 aromatic carbocycles. The smallest absolute Gasteiger partial charge is 0.241 e. The largest absolute Gasteiger partial charge is 0.370 e. The maximum atomic E-state index is 12.1. The van der Waals surface area contributed by atoms with Gasteiger partial charge in [0.1, 0.15) is 0 Å². The van der Waals surface area contributed by atoms with E-state index in [0.29, 0.717) is 11.0 Å². The monoisotopic (exact) mass is 362 g/mol. The molecular formula is C13H19BrN2O3S. The van der Waals surface area contributed by atoms with E-state index in [0.717, 1.165) is 5.56 Å². The van der Waals surface area contributed by atoms with Crippen LogP contribution in [0, 0.1) is 0 Å². The van der Waals surface area contributed by atoms with Crippen LogP contribution < -0.4 is 10.5 Å². The molecule has 0 spiro atoms. The van der Waals surface area contributed by atoms with E-state index < -0.39 is 21.3 Å². The van der Waals surface area contributed by atoms with Gasteiger partial charge in [0, 0.05) is 17.4 Å². The van der Waals surface area contributed by atoms with E-state index in [2.05, 4.69) is 20.7 Å². The van der Waals surface area contributed by atoms with Crippen LogP contribution in [0.1, 0.15) is 32.8 Å². The van der Waals surface area contributed by atoms with E-state index >= 15 is 0 Å². The third-order valence-electron chi connectivity index (χ3n) is 2.95. The fraction of sp³-hybridized carbons (Fsp3) is 0.462. The van der Waals surface area contributed by atoms with Crippen LogP contribution in [0.15, 0.2) is 27.6 Å². The van der Waals surface area contributed by atoms with Crippen molar-refractivity contribution in [1.29, 1.82) is 0 Å². The minimum absolute atomic E-state index is 0.148.